The minimum absolute atomic E-state index is 0.110. The molecule has 22 heavy (non-hydrogen) atoms. The van der Waals surface area contributed by atoms with Gasteiger partial charge in [0.05, 0.1) is 6.61 Å². The first-order valence-electron chi connectivity index (χ1n) is 7.22. The van der Waals surface area contributed by atoms with Gasteiger partial charge in [0.15, 0.2) is 5.82 Å². The Morgan fingerprint density at radius 3 is 2.50 bits per heavy atom. The molecule has 6 heteroatoms. The molecule has 2 unspecified atom stereocenters. The molecule has 0 aromatic carbocycles. The Labute approximate surface area is 135 Å². The van der Waals surface area contributed by atoms with Crippen molar-refractivity contribution >= 4 is 17.6 Å². The molecule has 2 atom stereocenters. The molecule has 0 radical (unpaired) electrons. The molecule has 2 aromatic rings. The summed E-state index contributed by atoms with van der Waals surface area (Å²) < 4.78 is 0. The topological polar surface area (TPSA) is 70.9 Å². The van der Waals surface area contributed by atoms with Gasteiger partial charge in [0.25, 0.3) is 0 Å². The molecule has 118 valence electrons. The van der Waals surface area contributed by atoms with E-state index in [1.165, 1.54) is 0 Å². The van der Waals surface area contributed by atoms with E-state index in [2.05, 4.69) is 27.2 Å². The van der Waals surface area contributed by atoms with Crippen LogP contribution in [0.2, 0.25) is 0 Å². The summed E-state index contributed by atoms with van der Waals surface area (Å²) in [7, 11) is 0. The van der Waals surface area contributed by atoms with Gasteiger partial charge in [-0.2, -0.15) is 11.8 Å². The maximum absolute atomic E-state index is 9.43. The Morgan fingerprint density at radius 2 is 1.91 bits per heavy atom. The first kappa shape index (κ1) is 16.7. The van der Waals surface area contributed by atoms with Crippen LogP contribution in [0.25, 0.3) is 11.4 Å². The molecule has 0 saturated carbocycles. The summed E-state index contributed by atoms with van der Waals surface area (Å²) in [5.74, 6) is 1.50. The van der Waals surface area contributed by atoms with Gasteiger partial charge in [-0.15, -0.1) is 0 Å². The van der Waals surface area contributed by atoms with Crippen LogP contribution in [0, 0.1) is 13.8 Å². The molecule has 0 bridgehead atoms. The van der Waals surface area contributed by atoms with Gasteiger partial charge >= 0.3 is 0 Å². The van der Waals surface area contributed by atoms with E-state index in [1.807, 2.05) is 32.2 Å². The normalized spacial score (nSPS) is 13.7. The third kappa shape index (κ3) is 3.75. The zero-order valence-corrected chi connectivity index (χ0v) is 14.2. The summed E-state index contributed by atoms with van der Waals surface area (Å²) in [6.45, 7) is 6.18. The van der Waals surface area contributed by atoms with Gasteiger partial charge in [-0.3, -0.25) is 4.98 Å². The number of aliphatic hydroxyl groups is 1. The average Bonchev–Trinajstić information content (AvgIpc) is 2.53. The van der Waals surface area contributed by atoms with Crippen molar-refractivity contribution in [2.45, 2.75) is 32.1 Å². The van der Waals surface area contributed by atoms with Gasteiger partial charge in [-0.1, -0.05) is 0 Å². The fourth-order valence-electron chi connectivity index (χ4n) is 2.14. The predicted octanol–water partition coefficient (Wildman–Crippen LogP) is 2.68. The van der Waals surface area contributed by atoms with Gasteiger partial charge in [0.1, 0.15) is 5.82 Å². The molecule has 0 amide bonds. The lowest BCUT2D eigenvalue weighted by Gasteiger charge is -2.23. The lowest BCUT2D eigenvalue weighted by molar-refractivity contribution is 0.288. The number of thioether (sulfide) groups is 1. The van der Waals surface area contributed by atoms with Crippen molar-refractivity contribution in [3.63, 3.8) is 0 Å². The number of anilines is 1. The van der Waals surface area contributed by atoms with E-state index in [0.29, 0.717) is 5.82 Å². The second-order valence-corrected chi connectivity index (χ2v) is 6.31. The molecular formula is C16H22N4OS. The van der Waals surface area contributed by atoms with E-state index in [4.69, 9.17) is 0 Å². The highest BCUT2D eigenvalue weighted by atomic mass is 32.2. The Balaban J connectivity index is 2.33. The average molecular weight is 318 g/mol. The fourth-order valence-corrected chi connectivity index (χ4v) is 2.77. The van der Waals surface area contributed by atoms with Gasteiger partial charge < -0.3 is 10.4 Å². The van der Waals surface area contributed by atoms with Crippen molar-refractivity contribution < 1.29 is 5.11 Å². The summed E-state index contributed by atoms with van der Waals surface area (Å²) in [6.07, 6.45) is 5.47. The molecule has 2 aromatic heterocycles. The standard InChI is InChI=1S/C16H22N4OS/c1-10-11(2)18-16(13-5-7-17-8-6-13)20-15(10)19-12(3)14(9-21)22-4/h5-8,12,14,21H,9H2,1-4H3,(H,18,19,20). The third-order valence-electron chi connectivity index (χ3n) is 3.73. The highest BCUT2D eigenvalue weighted by molar-refractivity contribution is 7.99. The maximum atomic E-state index is 9.43. The van der Waals surface area contributed by atoms with Crippen molar-refractivity contribution in [2.75, 3.05) is 18.2 Å². The largest absolute Gasteiger partial charge is 0.395 e. The number of pyridine rings is 1. The number of hydrogen-bond donors (Lipinski definition) is 2. The summed E-state index contributed by atoms with van der Waals surface area (Å²) in [5.41, 5.74) is 2.92. The van der Waals surface area contributed by atoms with E-state index >= 15 is 0 Å². The first-order chi connectivity index (χ1) is 10.6. The van der Waals surface area contributed by atoms with Crippen LogP contribution >= 0.6 is 11.8 Å². The monoisotopic (exact) mass is 318 g/mol. The van der Waals surface area contributed by atoms with Crippen LogP contribution in [-0.2, 0) is 0 Å². The van der Waals surface area contributed by atoms with Crippen LogP contribution in [-0.4, -0.2) is 44.2 Å². The van der Waals surface area contributed by atoms with Crippen molar-refractivity contribution in [1.29, 1.82) is 0 Å². The zero-order valence-electron chi connectivity index (χ0n) is 13.4. The fraction of sp³-hybridized carbons (Fsp3) is 0.438. The smallest absolute Gasteiger partial charge is 0.161 e. The Morgan fingerprint density at radius 1 is 1.23 bits per heavy atom. The predicted molar refractivity (Wildman–Crippen MR) is 92.2 cm³/mol. The number of aromatic nitrogens is 3. The molecule has 0 saturated heterocycles. The quantitative estimate of drug-likeness (QED) is 0.853. The molecule has 0 aliphatic carbocycles. The zero-order chi connectivity index (χ0) is 16.1. The lowest BCUT2D eigenvalue weighted by atomic mass is 10.2. The summed E-state index contributed by atoms with van der Waals surface area (Å²) in [5, 5.41) is 13.0. The van der Waals surface area contributed by atoms with Crippen LogP contribution in [0.4, 0.5) is 5.82 Å². The minimum Gasteiger partial charge on any atom is -0.395 e. The number of rotatable bonds is 6. The van der Waals surface area contributed by atoms with Crippen molar-refractivity contribution in [1.82, 2.24) is 15.0 Å². The van der Waals surface area contributed by atoms with E-state index < -0.39 is 0 Å². The number of nitrogens with one attached hydrogen (secondary N) is 1. The Hall–Kier alpha value is -1.66. The van der Waals surface area contributed by atoms with E-state index in [9.17, 15) is 5.11 Å². The van der Waals surface area contributed by atoms with E-state index in [1.54, 1.807) is 24.2 Å². The highest BCUT2D eigenvalue weighted by Gasteiger charge is 2.18. The number of nitrogens with zero attached hydrogens (tertiary/aromatic N) is 3. The molecule has 0 aliphatic rings. The van der Waals surface area contributed by atoms with Crippen LogP contribution < -0.4 is 5.32 Å². The lowest BCUT2D eigenvalue weighted by Crippen LogP contribution is -2.31. The maximum Gasteiger partial charge on any atom is 0.161 e. The Kier molecular flexibility index (Phi) is 5.74. The molecule has 2 heterocycles. The molecule has 0 fully saturated rings. The summed E-state index contributed by atoms with van der Waals surface area (Å²) in [4.78, 5) is 13.2. The second-order valence-electron chi connectivity index (χ2n) is 5.23. The van der Waals surface area contributed by atoms with Crippen LogP contribution in [0.3, 0.4) is 0 Å². The van der Waals surface area contributed by atoms with Gasteiger partial charge in [0, 0.05) is 40.5 Å². The van der Waals surface area contributed by atoms with Gasteiger partial charge in [-0.05, 0) is 39.2 Å². The third-order valence-corrected chi connectivity index (χ3v) is 4.90. The number of aryl methyl sites for hydroxylation is 1. The molecule has 0 spiro atoms. The van der Waals surface area contributed by atoms with Crippen LogP contribution in [0.5, 0.6) is 0 Å². The molecular weight excluding hydrogens is 296 g/mol. The first-order valence-corrected chi connectivity index (χ1v) is 8.51. The van der Waals surface area contributed by atoms with Gasteiger partial charge in [0.2, 0.25) is 0 Å². The van der Waals surface area contributed by atoms with Crippen LogP contribution in [0.1, 0.15) is 18.2 Å². The Bertz CT molecular complexity index is 617. The highest BCUT2D eigenvalue weighted by Crippen LogP contribution is 2.23. The molecule has 2 N–H and O–H groups in total. The number of hydrogen-bond acceptors (Lipinski definition) is 6. The molecule has 0 aliphatic heterocycles. The number of aliphatic hydroxyl groups excluding tert-OH is 1. The van der Waals surface area contributed by atoms with Gasteiger partial charge in [-0.25, -0.2) is 9.97 Å². The van der Waals surface area contributed by atoms with Crippen molar-refractivity contribution in [3.05, 3.63) is 35.8 Å². The van der Waals surface area contributed by atoms with E-state index in [0.717, 1.165) is 22.6 Å². The SMILES string of the molecule is CSC(CO)C(C)Nc1nc(-c2ccncc2)nc(C)c1C. The van der Waals surface area contributed by atoms with Crippen molar-refractivity contribution in [2.24, 2.45) is 0 Å². The van der Waals surface area contributed by atoms with Crippen molar-refractivity contribution in [3.8, 4) is 11.4 Å². The van der Waals surface area contributed by atoms with E-state index in [-0.39, 0.29) is 17.9 Å². The second kappa shape index (κ2) is 7.56. The molecule has 2 rings (SSSR count). The van der Waals surface area contributed by atoms with Crippen LogP contribution in [0.15, 0.2) is 24.5 Å². The summed E-state index contributed by atoms with van der Waals surface area (Å²) >= 11 is 1.64. The molecule has 5 nitrogen and oxygen atoms in total. The summed E-state index contributed by atoms with van der Waals surface area (Å²) in [6, 6.07) is 3.91. The minimum atomic E-state index is 0.110.